The number of para-hydroxylation sites is 1. The standard InChI is InChI=1S/C20H21FN2O2/c21-17-10-8-15(9-11-17)13-19(24)23-12-4-5-16(14-23)20(25)22-18-6-2-1-3-7-18/h1-3,6-11,16H,4-5,12-14H2,(H,22,25). The van der Waals surface area contributed by atoms with Crippen LogP contribution in [0.2, 0.25) is 0 Å². The predicted octanol–water partition coefficient (Wildman–Crippen LogP) is 3.25. The zero-order chi connectivity index (χ0) is 17.6. The molecule has 0 aromatic heterocycles. The average Bonchev–Trinajstić information content (AvgIpc) is 2.64. The molecule has 1 fully saturated rings. The van der Waals surface area contributed by atoms with Crippen molar-refractivity contribution in [2.24, 2.45) is 5.92 Å². The number of nitrogens with zero attached hydrogens (tertiary/aromatic N) is 1. The summed E-state index contributed by atoms with van der Waals surface area (Å²) >= 11 is 0. The lowest BCUT2D eigenvalue weighted by Crippen LogP contribution is -2.44. The van der Waals surface area contributed by atoms with Crippen LogP contribution in [-0.4, -0.2) is 29.8 Å². The molecular formula is C20H21FN2O2. The van der Waals surface area contributed by atoms with Gasteiger partial charge in [-0.05, 0) is 42.7 Å². The Balaban J connectivity index is 1.57. The summed E-state index contributed by atoms with van der Waals surface area (Å²) in [6.45, 7) is 1.09. The van der Waals surface area contributed by atoms with Gasteiger partial charge >= 0.3 is 0 Å². The molecule has 2 aromatic carbocycles. The van der Waals surface area contributed by atoms with E-state index < -0.39 is 0 Å². The minimum absolute atomic E-state index is 0.0242. The number of hydrogen-bond donors (Lipinski definition) is 1. The number of halogens is 1. The van der Waals surface area contributed by atoms with Gasteiger partial charge in [-0.1, -0.05) is 30.3 Å². The summed E-state index contributed by atoms with van der Waals surface area (Å²) in [6.07, 6.45) is 1.81. The summed E-state index contributed by atoms with van der Waals surface area (Å²) in [4.78, 5) is 26.7. The first kappa shape index (κ1) is 17.1. The van der Waals surface area contributed by atoms with Crippen LogP contribution in [0.25, 0.3) is 0 Å². The lowest BCUT2D eigenvalue weighted by Gasteiger charge is -2.32. The van der Waals surface area contributed by atoms with Gasteiger partial charge in [0.1, 0.15) is 5.82 Å². The third-order valence-electron chi connectivity index (χ3n) is 4.45. The lowest BCUT2D eigenvalue weighted by molar-refractivity contribution is -0.133. The summed E-state index contributed by atoms with van der Waals surface area (Å²) in [6, 6.07) is 15.3. The van der Waals surface area contributed by atoms with Crippen molar-refractivity contribution < 1.29 is 14.0 Å². The molecule has 2 aromatic rings. The molecule has 1 aliphatic rings. The molecule has 1 saturated heterocycles. The van der Waals surface area contributed by atoms with E-state index in [1.807, 2.05) is 30.3 Å². The smallest absolute Gasteiger partial charge is 0.229 e. The monoisotopic (exact) mass is 340 g/mol. The Morgan fingerprint density at radius 1 is 1.08 bits per heavy atom. The van der Waals surface area contributed by atoms with Crippen LogP contribution in [0.1, 0.15) is 18.4 Å². The van der Waals surface area contributed by atoms with Crippen LogP contribution in [0.3, 0.4) is 0 Å². The van der Waals surface area contributed by atoms with Crippen LogP contribution in [0, 0.1) is 11.7 Å². The summed E-state index contributed by atoms with van der Waals surface area (Å²) in [5.74, 6) is -0.591. The molecule has 5 heteroatoms. The number of benzene rings is 2. The SMILES string of the molecule is O=C(Nc1ccccc1)C1CCCN(C(=O)Cc2ccc(F)cc2)C1. The summed E-state index contributed by atoms with van der Waals surface area (Å²) < 4.78 is 13.0. The second-order valence-electron chi connectivity index (χ2n) is 6.34. The fraction of sp³-hybridized carbons (Fsp3) is 0.300. The number of hydrogen-bond acceptors (Lipinski definition) is 2. The number of likely N-dealkylation sites (tertiary alicyclic amines) is 1. The number of piperidine rings is 1. The van der Waals surface area contributed by atoms with E-state index in [4.69, 9.17) is 0 Å². The van der Waals surface area contributed by atoms with E-state index in [1.54, 1.807) is 17.0 Å². The zero-order valence-electron chi connectivity index (χ0n) is 14.0. The molecule has 3 rings (SSSR count). The highest BCUT2D eigenvalue weighted by atomic mass is 19.1. The van der Waals surface area contributed by atoms with Gasteiger partial charge < -0.3 is 10.2 Å². The van der Waals surface area contributed by atoms with Crippen molar-refractivity contribution in [2.75, 3.05) is 18.4 Å². The fourth-order valence-corrected chi connectivity index (χ4v) is 3.07. The number of amides is 2. The quantitative estimate of drug-likeness (QED) is 0.929. The molecule has 1 N–H and O–H groups in total. The van der Waals surface area contributed by atoms with Crippen molar-refractivity contribution in [1.82, 2.24) is 4.90 Å². The normalized spacial score (nSPS) is 17.2. The van der Waals surface area contributed by atoms with Gasteiger partial charge in [0.05, 0.1) is 12.3 Å². The maximum atomic E-state index is 13.0. The number of carbonyl (C=O) groups excluding carboxylic acids is 2. The Morgan fingerprint density at radius 2 is 1.80 bits per heavy atom. The van der Waals surface area contributed by atoms with Crippen LogP contribution >= 0.6 is 0 Å². The molecule has 0 radical (unpaired) electrons. The van der Waals surface area contributed by atoms with E-state index in [1.165, 1.54) is 12.1 Å². The number of anilines is 1. The van der Waals surface area contributed by atoms with Gasteiger partial charge in [0.25, 0.3) is 0 Å². The molecule has 2 amide bonds. The third kappa shape index (κ3) is 4.66. The molecule has 1 unspecified atom stereocenters. The Labute approximate surface area is 146 Å². The van der Waals surface area contributed by atoms with Crippen LogP contribution in [0.5, 0.6) is 0 Å². The van der Waals surface area contributed by atoms with E-state index in [-0.39, 0.29) is 30.0 Å². The van der Waals surface area contributed by atoms with E-state index in [0.717, 1.165) is 24.1 Å². The lowest BCUT2D eigenvalue weighted by atomic mass is 9.96. The molecule has 1 heterocycles. The Hall–Kier alpha value is -2.69. The van der Waals surface area contributed by atoms with Crippen LogP contribution in [0.4, 0.5) is 10.1 Å². The van der Waals surface area contributed by atoms with Gasteiger partial charge in [-0.3, -0.25) is 9.59 Å². The molecule has 25 heavy (non-hydrogen) atoms. The van der Waals surface area contributed by atoms with Crippen molar-refractivity contribution in [2.45, 2.75) is 19.3 Å². The van der Waals surface area contributed by atoms with E-state index in [9.17, 15) is 14.0 Å². The van der Waals surface area contributed by atoms with Gasteiger partial charge in [-0.2, -0.15) is 0 Å². The first-order valence-corrected chi connectivity index (χ1v) is 8.50. The maximum absolute atomic E-state index is 13.0. The maximum Gasteiger partial charge on any atom is 0.229 e. The highest BCUT2D eigenvalue weighted by molar-refractivity contribution is 5.93. The molecular weight excluding hydrogens is 319 g/mol. The minimum Gasteiger partial charge on any atom is -0.342 e. The average molecular weight is 340 g/mol. The number of nitrogens with one attached hydrogen (secondary N) is 1. The van der Waals surface area contributed by atoms with Crippen molar-refractivity contribution in [1.29, 1.82) is 0 Å². The number of carbonyl (C=O) groups is 2. The molecule has 130 valence electrons. The molecule has 0 spiro atoms. The van der Waals surface area contributed by atoms with Crippen molar-refractivity contribution in [3.8, 4) is 0 Å². The summed E-state index contributed by atoms with van der Waals surface area (Å²) in [7, 11) is 0. The van der Waals surface area contributed by atoms with E-state index >= 15 is 0 Å². The first-order chi connectivity index (χ1) is 12.1. The second kappa shape index (κ2) is 7.92. The molecule has 1 atom stereocenters. The van der Waals surface area contributed by atoms with Gasteiger partial charge in [-0.25, -0.2) is 4.39 Å². The van der Waals surface area contributed by atoms with Crippen molar-refractivity contribution >= 4 is 17.5 Å². The largest absolute Gasteiger partial charge is 0.342 e. The Morgan fingerprint density at radius 3 is 2.52 bits per heavy atom. The van der Waals surface area contributed by atoms with Gasteiger partial charge in [0, 0.05) is 18.8 Å². The highest BCUT2D eigenvalue weighted by Crippen LogP contribution is 2.20. The van der Waals surface area contributed by atoms with E-state index in [0.29, 0.717) is 13.1 Å². The second-order valence-corrected chi connectivity index (χ2v) is 6.34. The van der Waals surface area contributed by atoms with Crippen LogP contribution in [-0.2, 0) is 16.0 Å². The molecule has 4 nitrogen and oxygen atoms in total. The van der Waals surface area contributed by atoms with Crippen LogP contribution in [0.15, 0.2) is 54.6 Å². The predicted molar refractivity (Wildman–Crippen MR) is 94.5 cm³/mol. The van der Waals surface area contributed by atoms with Gasteiger partial charge in [0.15, 0.2) is 0 Å². The van der Waals surface area contributed by atoms with E-state index in [2.05, 4.69) is 5.32 Å². The fourth-order valence-electron chi connectivity index (χ4n) is 3.07. The third-order valence-corrected chi connectivity index (χ3v) is 4.45. The summed E-state index contributed by atoms with van der Waals surface area (Å²) in [5, 5.41) is 2.91. The minimum atomic E-state index is -0.313. The van der Waals surface area contributed by atoms with Crippen molar-refractivity contribution in [3.63, 3.8) is 0 Å². The zero-order valence-corrected chi connectivity index (χ0v) is 14.0. The molecule has 0 aliphatic carbocycles. The molecule has 0 bridgehead atoms. The van der Waals surface area contributed by atoms with Crippen LogP contribution < -0.4 is 5.32 Å². The Bertz CT molecular complexity index is 731. The Kier molecular flexibility index (Phi) is 5.43. The molecule has 0 saturated carbocycles. The number of rotatable bonds is 4. The van der Waals surface area contributed by atoms with Gasteiger partial charge in [0.2, 0.25) is 11.8 Å². The topological polar surface area (TPSA) is 49.4 Å². The van der Waals surface area contributed by atoms with Gasteiger partial charge in [-0.15, -0.1) is 0 Å². The highest BCUT2D eigenvalue weighted by Gasteiger charge is 2.28. The first-order valence-electron chi connectivity index (χ1n) is 8.50. The summed E-state index contributed by atoms with van der Waals surface area (Å²) in [5.41, 5.74) is 1.55. The molecule has 1 aliphatic heterocycles. The van der Waals surface area contributed by atoms with Crippen molar-refractivity contribution in [3.05, 3.63) is 66.0 Å².